The lowest BCUT2D eigenvalue weighted by Gasteiger charge is -2.29. The van der Waals surface area contributed by atoms with Crippen molar-refractivity contribution < 1.29 is 10.2 Å². The van der Waals surface area contributed by atoms with Gasteiger partial charge < -0.3 is 10.2 Å². The number of phenolic OH excluding ortho intramolecular Hbond substituents is 1. The Morgan fingerprint density at radius 1 is 1.19 bits per heavy atom. The zero-order valence-corrected chi connectivity index (χ0v) is 9.60. The average Bonchev–Trinajstić information content (AvgIpc) is 2.31. The van der Waals surface area contributed by atoms with Crippen LogP contribution in [-0.2, 0) is 0 Å². The van der Waals surface area contributed by atoms with Crippen LogP contribution in [0.1, 0.15) is 43.6 Å². The van der Waals surface area contributed by atoms with Gasteiger partial charge in [0, 0.05) is 5.92 Å². The molecule has 1 unspecified atom stereocenters. The first-order valence-electron chi connectivity index (χ1n) is 6.21. The van der Waals surface area contributed by atoms with Crippen molar-refractivity contribution >= 4 is 0 Å². The van der Waals surface area contributed by atoms with Gasteiger partial charge in [-0.15, -0.1) is 0 Å². The van der Waals surface area contributed by atoms with Gasteiger partial charge in [-0.3, -0.25) is 0 Å². The zero-order chi connectivity index (χ0) is 11.4. The van der Waals surface area contributed by atoms with E-state index >= 15 is 0 Å². The van der Waals surface area contributed by atoms with Gasteiger partial charge in [0.2, 0.25) is 0 Å². The predicted octanol–water partition coefficient (Wildman–Crippen LogP) is 3.05. The molecule has 1 aromatic rings. The van der Waals surface area contributed by atoms with Crippen LogP contribution < -0.4 is 0 Å². The molecule has 1 fully saturated rings. The molecular formula is C14H20O2. The molecule has 0 amide bonds. The van der Waals surface area contributed by atoms with Gasteiger partial charge in [0.05, 0.1) is 6.61 Å². The highest BCUT2D eigenvalue weighted by atomic mass is 16.3. The SMILES string of the molecule is OCC(c1cccc(O)c1)C1CCCCC1. The number of aliphatic hydroxyl groups excluding tert-OH is 1. The Bertz CT molecular complexity index is 329. The summed E-state index contributed by atoms with van der Waals surface area (Å²) in [4.78, 5) is 0. The van der Waals surface area contributed by atoms with Crippen molar-refractivity contribution in [2.24, 2.45) is 5.92 Å². The van der Waals surface area contributed by atoms with Gasteiger partial charge in [-0.2, -0.15) is 0 Å². The lowest BCUT2D eigenvalue weighted by Crippen LogP contribution is -2.19. The molecule has 88 valence electrons. The third kappa shape index (κ3) is 2.56. The molecule has 1 aromatic carbocycles. The fourth-order valence-corrected chi connectivity index (χ4v) is 2.82. The van der Waals surface area contributed by atoms with E-state index in [0.29, 0.717) is 11.7 Å². The molecule has 0 heterocycles. The molecule has 1 saturated carbocycles. The second kappa shape index (κ2) is 5.35. The van der Waals surface area contributed by atoms with Gasteiger partial charge in [0.25, 0.3) is 0 Å². The van der Waals surface area contributed by atoms with Gasteiger partial charge in [0.15, 0.2) is 0 Å². The Hall–Kier alpha value is -1.02. The summed E-state index contributed by atoms with van der Waals surface area (Å²) < 4.78 is 0. The molecule has 1 aliphatic carbocycles. The maximum Gasteiger partial charge on any atom is 0.115 e. The largest absolute Gasteiger partial charge is 0.508 e. The normalized spacial score (nSPS) is 19.6. The summed E-state index contributed by atoms with van der Waals surface area (Å²) in [5.74, 6) is 1.08. The summed E-state index contributed by atoms with van der Waals surface area (Å²) in [6, 6.07) is 7.33. The number of rotatable bonds is 3. The maximum atomic E-state index is 9.54. The van der Waals surface area contributed by atoms with E-state index in [4.69, 9.17) is 0 Å². The van der Waals surface area contributed by atoms with Crippen molar-refractivity contribution in [1.82, 2.24) is 0 Å². The van der Waals surface area contributed by atoms with E-state index in [9.17, 15) is 10.2 Å². The number of aromatic hydroxyl groups is 1. The van der Waals surface area contributed by atoms with Crippen LogP contribution in [0.5, 0.6) is 5.75 Å². The van der Waals surface area contributed by atoms with Crippen LogP contribution in [0.3, 0.4) is 0 Å². The van der Waals surface area contributed by atoms with Crippen molar-refractivity contribution in [2.45, 2.75) is 38.0 Å². The lowest BCUT2D eigenvalue weighted by molar-refractivity contribution is 0.196. The highest BCUT2D eigenvalue weighted by Crippen LogP contribution is 2.36. The van der Waals surface area contributed by atoms with E-state index in [1.807, 2.05) is 12.1 Å². The van der Waals surface area contributed by atoms with Crippen molar-refractivity contribution in [3.05, 3.63) is 29.8 Å². The number of benzene rings is 1. The maximum absolute atomic E-state index is 9.54. The quantitative estimate of drug-likeness (QED) is 0.822. The fourth-order valence-electron chi connectivity index (χ4n) is 2.82. The van der Waals surface area contributed by atoms with Crippen LogP contribution >= 0.6 is 0 Å². The van der Waals surface area contributed by atoms with Gasteiger partial charge >= 0.3 is 0 Å². The molecular weight excluding hydrogens is 200 g/mol. The number of hydrogen-bond acceptors (Lipinski definition) is 2. The van der Waals surface area contributed by atoms with E-state index in [1.54, 1.807) is 12.1 Å². The second-order valence-corrected chi connectivity index (χ2v) is 4.78. The summed E-state index contributed by atoms with van der Waals surface area (Å²) in [6.07, 6.45) is 6.30. The van der Waals surface area contributed by atoms with Gasteiger partial charge in [-0.05, 0) is 36.5 Å². The third-order valence-electron chi connectivity index (χ3n) is 3.71. The lowest BCUT2D eigenvalue weighted by atomic mass is 9.77. The van der Waals surface area contributed by atoms with E-state index in [2.05, 4.69) is 0 Å². The van der Waals surface area contributed by atoms with E-state index in [1.165, 1.54) is 32.1 Å². The number of aliphatic hydroxyl groups is 1. The smallest absolute Gasteiger partial charge is 0.115 e. The van der Waals surface area contributed by atoms with Crippen LogP contribution in [0.25, 0.3) is 0 Å². The van der Waals surface area contributed by atoms with Crippen molar-refractivity contribution in [1.29, 1.82) is 0 Å². The van der Waals surface area contributed by atoms with Gasteiger partial charge in [-0.25, -0.2) is 0 Å². The molecule has 0 saturated heterocycles. The molecule has 1 atom stereocenters. The molecule has 0 spiro atoms. The molecule has 0 radical (unpaired) electrons. The van der Waals surface area contributed by atoms with Crippen molar-refractivity contribution in [3.8, 4) is 5.75 Å². The first kappa shape index (κ1) is 11.5. The topological polar surface area (TPSA) is 40.5 Å². The van der Waals surface area contributed by atoms with Crippen LogP contribution in [0, 0.1) is 5.92 Å². The van der Waals surface area contributed by atoms with Crippen LogP contribution in [0.15, 0.2) is 24.3 Å². The first-order chi connectivity index (χ1) is 7.81. The molecule has 2 N–H and O–H groups in total. The Labute approximate surface area is 96.9 Å². The van der Waals surface area contributed by atoms with Gasteiger partial charge in [-0.1, -0.05) is 31.4 Å². The zero-order valence-electron chi connectivity index (χ0n) is 9.60. The summed E-state index contributed by atoms with van der Waals surface area (Å²) in [6.45, 7) is 0.189. The molecule has 16 heavy (non-hydrogen) atoms. The summed E-state index contributed by atoms with van der Waals surface area (Å²) in [5.41, 5.74) is 1.08. The Kier molecular flexibility index (Phi) is 3.83. The molecule has 0 bridgehead atoms. The summed E-state index contributed by atoms with van der Waals surface area (Å²) >= 11 is 0. The standard InChI is InChI=1S/C14H20O2/c15-10-14(11-5-2-1-3-6-11)12-7-4-8-13(16)9-12/h4,7-9,11,14-16H,1-3,5-6,10H2. The molecule has 2 rings (SSSR count). The molecule has 1 aliphatic rings. The van der Waals surface area contributed by atoms with Gasteiger partial charge in [0.1, 0.15) is 5.75 Å². The van der Waals surface area contributed by atoms with Crippen LogP contribution in [-0.4, -0.2) is 16.8 Å². The van der Waals surface area contributed by atoms with Crippen molar-refractivity contribution in [3.63, 3.8) is 0 Å². The van der Waals surface area contributed by atoms with Crippen LogP contribution in [0.4, 0.5) is 0 Å². The van der Waals surface area contributed by atoms with Crippen molar-refractivity contribution in [2.75, 3.05) is 6.61 Å². The molecule has 0 aliphatic heterocycles. The third-order valence-corrected chi connectivity index (χ3v) is 3.71. The minimum absolute atomic E-state index is 0.189. The Balaban J connectivity index is 2.14. The number of phenols is 1. The van der Waals surface area contributed by atoms with E-state index in [-0.39, 0.29) is 12.5 Å². The Morgan fingerprint density at radius 2 is 1.94 bits per heavy atom. The minimum Gasteiger partial charge on any atom is -0.508 e. The average molecular weight is 220 g/mol. The minimum atomic E-state index is 0.189. The monoisotopic (exact) mass is 220 g/mol. The molecule has 0 aromatic heterocycles. The Morgan fingerprint density at radius 3 is 2.56 bits per heavy atom. The highest BCUT2D eigenvalue weighted by Gasteiger charge is 2.24. The molecule has 2 heteroatoms. The van der Waals surface area contributed by atoms with Crippen LogP contribution in [0.2, 0.25) is 0 Å². The highest BCUT2D eigenvalue weighted by molar-refractivity contribution is 5.30. The van der Waals surface area contributed by atoms with E-state index < -0.39 is 0 Å². The predicted molar refractivity (Wildman–Crippen MR) is 64.5 cm³/mol. The first-order valence-corrected chi connectivity index (χ1v) is 6.21. The summed E-state index contributed by atoms with van der Waals surface area (Å²) in [5, 5.41) is 19.0. The summed E-state index contributed by atoms with van der Waals surface area (Å²) in [7, 11) is 0. The fraction of sp³-hybridized carbons (Fsp3) is 0.571. The second-order valence-electron chi connectivity index (χ2n) is 4.78. The van der Waals surface area contributed by atoms with E-state index in [0.717, 1.165) is 5.56 Å². The number of hydrogen-bond donors (Lipinski definition) is 2. The molecule has 2 nitrogen and oxygen atoms in total.